The molecule has 2 rings (SSSR count). The predicted octanol–water partition coefficient (Wildman–Crippen LogP) is 1.95. The molecule has 5 nitrogen and oxygen atoms in total. The van der Waals surface area contributed by atoms with Crippen LogP contribution < -0.4 is 4.72 Å². The van der Waals surface area contributed by atoms with E-state index in [1.807, 2.05) is 0 Å². The zero-order valence-electron chi connectivity index (χ0n) is 12.9. The Morgan fingerprint density at radius 1 is 1.43 bits per heavy atom. The number of benzene rings is 1. The van der Waals surface area contributed by atoms with E-state index < -0.39 is 15.8 Å². The first-order valence-corrected chi connectivity index (χ1v) is 9.72. The Labute approximate surface area is 140 Å². The summed E-state index contributed by atoms with van der Waals surface area (Å²) in [6.45, 7) is 0.719. The molecule has 128 valence electrons. The summed E-state index contributed by atoms with van der Waals surface area (Å²) in [4.78, 5) is 14.2. The van der Waals surface area contributed by atoms with E-state index in [2.05, 4.69) is 4.72 Å². The molecule has 1 aliphatic heterocycles. The summed E-state index contributed by atoms with van der Waals surface area (Å²) in [6, 6.07) is 4.10. The standard InChI is InChI=1S/C15H20ClFN2O3S/c1-23(21,22)18-10-11-5-2-3-8-19(11)15(20)9-12-13(16)6-4-7-14(12)17/h4,6-7,11,18H,2-3,5,8-10H2,1H3/t11-/m0/s1. The molecule has 1 aromatic rings. The lowest BCUT2D eigenvalue weighted by Crippen LogP contribution is -2.49. The van der Waals surface area contributed by atoms with Crippen LogP contribution in [0.15, 0.2) is 18.2 Å². The lowest BCUT2D eigenvalue weighted by atomic mass is 10.0. The number of piperidine rings is 1. The second-order valence-electron chi connectivity index (χ2n) is 5.73. The Hall–Kier alpha value is -1.18. The van der Waals surface area contributed by atoms with Gasteiger partial charge in [-0.3, -0.25) is 4.79 Å². The van der Waals surface area contributed by atoms with Crippen molar-refractivity contribution in [3.05, 3.63) is 34.6 Å². The number of likely N-dealkylation sites (tertiary alicyclic amines) is 1. The molecule has 1 fully saturated rings. The maximum Gasteiger partial charge on any atom is 0.227 e. The Bertz CT molecular complexity index is 661. The highest BCUT2D eigenvalue weighted by molar-refractivity contribution is 7.88. The summed E-state index contributed by atoms with van der Waals surface area (Å²) in [5, 5.41) is 0.223. The van der Waals surface area contributed by atoms with E-state index in [1.165, 1.54) is 12.1 Å². The summed E-state index contributed by atoms with van der Waals surface area (Å²) in [5.74, 6) is -0.745. The van der Waals surface area contributed by atoms with Crippen LogP contribution >= 0.6 is 11.6 Å². The molecule has 0 saturated carbocycles. The van der Waals surface area contributed by atoms with Gasteiger partial charge in [0.2, 0.25) is 15.9 Å². The van der Waals surface area contributed by atoms with Crippen LogP contribution in [-0.2, 0) is 21.2 Å². The van der Waals surface area contributed by atoms with Crippen LogP contribution in [0.2, 0.25) is 5.02 Å². The molecular weight excluding hydrogens is 343 g/mol. The molecule has 0 aliphatic carbocycles. The molecule has 1 aliphatic rings. The van der Waals surface area contributed by atoms with E-state index in [4.69, 9.17) is 11.6 Å². The molecule has 1 heterocycles. The van der Waals surface area contributed by atoms with Gasteiger partial charge < -0.3 is 4.90 Å². The minimum absolute atomic E-state index is 0.124. The van der Waals surface area contributed by atoms with Gasteiger partial charge in [0, 0.05) is 29.7 Å². The Kier molecular flexibility index (Phi) is 6.00. The number of nitrogens with zero attached hydrogens (tertiary/aromatic N) is 1. The fourth-order valence-electron chi connectivity index (χ4n) is 2.74. The smallest absolute Gasteiger partial charge is 0.227 e. The van der Waals surface area contributed by atoms with Crippen LogP contribution in [-0.4, -0.2) is 44.6 Å². The van der Waals surface area contributed by atoms with Crippen molar-refractivity contribution in [2.45, 2.75) is 31.7 Å². The Balaban J connectivity index is 2.09. The van der Waals surface area contributed by atoms with Gasteiger partial charge in [0.25, 0.3) is 0 Å². The monoisotopic (exact) mass is 362 g/mol. The molecule has 0 aromatic heterocycles. The molecule has 0 radical (unpaired) electrons. The molecule has 1 N–H and O–H groups in total. The molecule has 1 aromatic carbocycles. The van der Waals surface area contributed by atoms with Crippen molar-refractivity contribution in [1.82, 2.24) is 9.62 Å². The van der Waals surface area contributed by atoms with Crippen LogP contribution in [0.5, 0.6) is 0 Å². The Morgan fingerprint density at radius 2 is 2.17 bits per heavy atom. The molecular formula is C15H20ClFN2O3S. The molecule has 1 amide bonds. The third kappa shape index (κ3) is 5.16. The average molecular weight is 363 g/mol. The first-order chi connectivity index (χ1) is 10.8. The van der Waals surface area contributed by atoms with E-state index >= 15 is 0 Å². The van der Waals surface area contributed by atoms with E-state index in [0.29, 0.717) is 6.54 Å². The number of hydrogen-bond donors (Lipinski definition) is 1. The largest absolute Gasteiger partial charge is 0.338 e. The fraction of sp³-hybridized carbons (Fsp3) is 0.533. The zero-order chi connectivity index (χ0) is 17.0. The van der Waals surface area contributed by atoms with E-state index in [1.54, 1.807) is 11.0 Å². The lowest BCUT2D eigenvalue weighted by Gasteiger charge is -2.36. The first kappa shape index (κ1) is 18.2. The van der Waals surface area contributed by atoms with Gasteiger partial charge in [-0.15, -0.1) is 0 Å². The number of rotatable bonds is 5. The van der Waals surface area contributed by atoms with Gasteiger partial charge >= 0.3 is 0 Å². The van der Waals surface area contributed by atoms with Crippen molar-refractivity contribution < 1.29 is 17.6 Å². The summed E-state index contributed by atoms with van der Waals surface area (Å²) in [7, 11) is -3.31. The number of carbonyl (C=O) groups excluding carboxylic acids is 1. The minimum Gasteiger partial charge on any atom is -0.338 e. The van der Waals surface area contributed by atoms with Gasteiger partial charge in [0.1, 0.15) is 5.82 Å². The number of nitrogens with one attached hydrogen (secondary N) is 1. The van der Waals surface area contributed by atoms with Gasteiger partial charge in [-0.1, -0.05) is 17.7 Å². The van der Waals surface area contributed by atoms with Crippen molar-refractivity contribution in [2.24, 2.45) is 0 Å². The zero-order valence-corrected chi connectivity index (χ0v) is 14.5. The van der Waals surface area contributed by atoms with Gasteiger partial charge in [0.05, 0.1) is 12.7 Å². The van der Waals surface area contributed by atoms with Crippen molar-refractivity contribution in [2.75, 3.05) is 19.3 Å². The molecule has 8 heteroatoms. The average Bonchev–Trinajstić information content (AvgIpc) is 2.48. The third-order valence-electron chi connectivity index (χ3n) is 3.92. The van der Waals surface area contributed by atoms with Crippen LogP contribution in [0.1, 0.15) is 24.8 Å². The summed E-state index contributed by atoms with van der Waals surface area (Å²) < 4.78 is 38.8. The van der Waals surface area contributed by atoms with E-state index in [9.17, 15) is 17.6 Å². The van der Waals surface area contributed by atoms with Crippen LogP contribution in [0.3, 0.4) is 0 Å². The predicted molar refractivity (Wildman–Crippen MR) is 87.3 cm³/mol. The van der Waals surface area contributed by atoms with E-state index in [-0.39, 0.29) is 35.5 Å². The van der Waals surface area contributed by atoms with Crippen LogP contribution in [0, 0.1) is 5.82 Å². The number of sulfonamides is 1. The quantitative estimate of drug-likeness (QED) is 0.870. The van der Waals surface area contributed by atoms with E-state index in [0.717, 1.165) is 25.5 Å². The van der Waals surface area contributed by atoms with Gasteiger partial charge in [0.15, 0.2) is 0 Å². The molecule has 1 atom stereocenters. The van der Waals surface area contributed by atoms with Crippen molar-refractivity contribution in [3.8, 4) is 0 Å². The van der Waals surface area contributed by atoms with Crippen molar-refractivity contribution in [3.63, 3.8) is 0 Å². The second-order valence-corrected chi connectivity index (χ2v) is 7.97. The number of amides is 1. The maximum atomic E-state index is 13.8. The number of carbonyl (C=O) groups is 1. The second kappa shape index (κ2) is 7.59. The minimum atomic E-state index is -3.31. The molecule has 0 unspecified atom stereocenters. The maximum absolute atomic E-state index is 13.8. The van der Waals surface area contributed by atoms with Crippen LogP contribution in [0.4, 0.5) is 4.39 Å². The number of hydrogen-bond acceptors (Lipinski definition) is 3. The van der Waals surface area contributed by atoms with Crippen molar-refractivity contribution in [1.29, 1.82) is 0 Å². The van der Waals surface area contributed by atoms with Gasteiger partial charge in [-0.05, 0) is 31.4 Å². The van der Waals surface area contributed by atoms with Crippen LogP contribution in [0.25, 0.3) is 0 Å². The normalized spacial score (nSPS) is 18.9. The number of halogens is 2. The third-order valence-corrected chi connectivity index (χ3v) is 4.96. The van der Waals surface area contributed by atoms with Gasteiger partial charge in [-0.2, -0.15) is 0 Å². The Morgan fingerprint density at radius 3 is 2.83 bits per heavy atom. The fourth-order valence-corrected chi connectivity index (χ4v) is 3.47. The highest BCUT2D eigenvalue weighted by atomic mass is 35.5. The molecule has 0 spiro atoms. The molecule has 23 heavy (non-hydrogen) atoms. The lowest BCUT2D eigenvalue weighted by molar-refractivity contribution is -0.134. The van der Waals surface area contributed by atoms with Gasteiger partial charge in [-0.25, -0.2) is 17.5 Å². The summed E-state index contributed by atoms with van der Waals surface area (Å²) >= 11 is 5.97. The topological polar surface area (TPSA) is 66.5 Å². The van der Waals surface area contributed by atoms with Crippen molar-refractivity contribution >= 4 is 27.5 Å². The summed E-state index contributed by atoms with van der Waals surface area (Å²) in [6.07, 6.45) is 3.47. The first-order valence-electron chi connectivity index (χ1n) is 7.45. The highest BCUT2D eigenvalue weighted by Crippen LogP contribution is 2.23. The highest BCUT2D eigenvalue weighted by Gasteiger charge is 2.28. The molecule has 0 bridgehead atoms. The molecule has 1 saturated heterocycles. The SMILES string of the molecule is CS(=O)(=O)NC[C@@H]1CCCCN1C(=O)Cc1c(F)cccc1Cl. The summed E-state index contributed by atoms with van der Waals surface area (Å²) in [5.41, 5.74) is 0.180.